The summed E-state index contributed by atoms with van der Waals surface area (Å²) in [6.07, 6.45) is 1.58. The van der Waals surface area contributed by atoms with Crippen LogP contribution in [0.15, 0.2) is 66.9 Å². The fourth-order valence-electron chi connectivity index (χ4n) is 2.23. The zero-order valence-corrected chi connectivity index (χ0v) is 14.7. The zero-order valence-electron chi connectivity index (χ0n) is 13.2. The average molecular weight is 372 g/mol. The van der Waals surface area contributed by atoms with Gasteiger partial charge < -0.3 is 10.6 Å². The van der Waals surface area contributed by atoms with Gasteiger partial charge in [0, 0.05) is 23.3 Å². The van der Waals surface area contributed by atoms with Gasteiger partial charge >= 0.3 is 0 Å². The summed E-state index contributed by atoms with van der Waals surface area (Å²) in [5.74, 6) is 0.367. The molecule has 0 atom stereocenters. The minimum absolute atomic E-state index is 0.181. The number of aromatic nitrogens is 1. The monoisotopic (exact) mass is 371 g/mol. The standard InChI is InChI=1S/C19H15Cl2N3O/c20-15-7-5-13(6-8-15)12-23-19(25)14-9-10-22-18(11-14)24-17-4-2-1-3-16(17)21/h1-11H,12H2,(H,22,24)(H,23,25). The van der Waals surface area contributed by atoms with E-state index in [0.29, 0.717) is 28.0 Å². The van der Waals surface area contributed by atoms with Crippen molar-refractivity contribution in [1.82, 2.24) is 10.3 Å². The number of carbonyl (C=O) groups excluding carboxylic acids is 1. The lowest BCUT2D eigenvalue weighted by molar-refractivity contribution is 0.0951. The first-order chi connectivity index (χ1) is 12.1. The maximum absolute atomic E-state index is 12.3. The van der Waals surface area contributed by atoms with Gasteiger partial charge in [-0.1, -0.05) is 47.5 Å². The van der Waals surface area contributed by atoms with Crippen LogP contribution in [0.2, 0.25) is 10.0 Å². The van der Waals surface area contributed by atoms with Crippen LogP contribution in [0.3, 0.4) is 0 Å². The minimum atomic E-state index is -0.181. The average Bonchev–Trinajstić information content (AvgIpc) is 2.63. The number of amides is 1. The van der Waals surface area contributed by atoms with E-state index >= 15 is 0 Å². The van der Waals surface area contributed by atoms with Crippen molar-refractivity contribution in [2.45, 2.75) is 6.54 Å². The summed E-state index contributed by atoms with van der Waals surface area (Å²) in [4.78, 5) is 16.6. The Bertz CT molecular complexity index is 882. The molecule has 0 bridgehead atoms. The summed E-state index contributed by atoms with van der Waals surface area (Å²) in [6.45, 7) is 0.422. The van der Waals surface area contributed by atoms with Crippen molar-refractivity contribution in [2.24, 2.45) is 0 Å². The Kier molecular flexibility index (Phi) is 5.53. The van der Waals surface area contributed by atoms with Crippen LogP contribution in [-0.2, 0) is 6.54 Å². The van der Waals surface area contributed by atoms with Gasteiger partial charge in [0.1, 0.15) is 5.82 Å². The van der Waals surface area contributed by atoms with E-state index in [0.717, 1.165) is 11.3 Å². The second kappa shape index (κ2) is 8.01. The van der Waals surface area contributed by atoms with E-state index in [4.69, 9.17) is 23.2 Å². The predicted molar refractivity (Wildman–Crippen MR) is 102 cm³/mol. The zero-order chi connectivity index (χ0) is 17.6. The van der Waals surface area contributed by atoms with E-state index in [1.54, 1.807) is 36.5 Å². The second-order valence-corrected chi connectivity index (χ2v) is 6.19. The largest absolute Gasteiger partial charge is 0.348 e. The molecule has 0 radical (unpaired) electrons. The molecule has 1 aromatic heterocycles. The maximum Gasteiger partial charge on any atom is 0.251 e. The van der Waals surface area contributed by atoms with Gasteiger partial charge in [0.05, 0.1) is 10.7 Å². The lowest BCUT2D eigenvalue weighted by atomic mass is 10.2. The summed E-state index contributed by atoms with van der Waals surface area (Å²) in [5.41, 5.74) is 2.22. The van der Waals surface area contributed by atoms with Gasteiger partial charge in [-0.25, -0.2) is 4.98 Å². The fraction of sp³-hybridized carbons (Fsp3) is 0.0526. The number of para-hydroxylation sites is 1. The van der Waals surface area contributed by atoms with Crippen molar-refractivity contribution in [3.05, 3.63) is 88.0 Å². The summed E-state index contributed by atoms with van der Waals surface area (Å²) in [5, 5.41) is 7.23. The van der Waals surface area contributed by atoms with Crippen LogP contribution in [0, 0.1) is 0 Å². The molecule has 2 N–H and O–H groups in total. The molecule has 25 heavy (non-hydrogen) atoms. The number of halogens is 2. The molecule has 0 unspecified atom stereocenters. The van der Waals surface area contributed by atoms with Gasteiger partial charge in [-0.05, 0) is 42.0 Å². The summed E-state index contributed by atoms with van der Waals surface area (Å²) < 4.78 is 0. The predicted octanol–water partition coefficient (Wildman–Crippen LogP) is 5.06. The number of hydrogen-bond donors (Lipinski definition) is 2. The molecule has 3 aromatic rings. The third kappa shape index (κ3) is 4.72. The molecule has 0 saturated carbocycles. The van der Waals surface area contributed by atoms with Crippen molar-refractivity contribution in [3.8, 4) is 0 Å². The van der Waals surface area contributed by atoms with Gasteiger partial charge in [-0.15, -0.1) is 0 Å². The van der Waals surface area contributed by atoms with Crippen molar-refractivity contribution in [2.75, 3.05) is 5.32 Å². The number of nitrogens with zero attached hydrogens (tertiary/aromatic N) is 1. The Morgan fingerprint density at radius 2 is 1.76 bits per heavy atom. The van der Waals surface area contributed by atoms with Crippen LogP contribution in [0.5, 0.6) is 0 Å². The third-order valence-corrected chi connectivity index (χ3v) is 4.11. The normalized spacial score (nSPS) is 10.3. The third-order valence-electron chi connectivity index (χ3n) is 3.53. The summed E-state index contributed by atoms with van der Waals surface area (Å²) in [6, 6.07) is 18.0. The van der Waals surface area contributed by atoms with E-state index < -0.39 is 0 Å². The van der Waals surface area contributed by atoms with Gasteiger partial charge in [0.2, 0.25) is 0 Å². The summed E-state index contributed by atoms with van der Waals surface area (Å²) >= 11 is 12.0. The molecule has 2 aromatic carbocycles. The maximum atomic E-state index is 12.3. The minimum Gasteiger partial charge on any atom is -0.348 e. The molecule has 0 aliphatic carbocycles. The molecule has 0 aliphatic heterocycles. The quantitative estimate of drug-likeness (QED) is 0.658. The molecule has 0 saturated heterocycles. The molecular weight excluding hydrogens is 357 g/mol. The molecule has 3 rings (SSSR count). The van der Waals surface area contributed by atoms with Gasteiger partial charge in [0.15, 0.2) is 0 Å². The topological polar surface area (TPSA) is 54.0 Å². The fourth-order valence-corrected chi connectivity index (χ4v) is 2.54. The van der Waals surface area contributed by atoms with Crippen LogP contribution in [0.25, 0.3) is 0 Å². The highest BCUT2D eigenvalue weighted by molar-refractivity contribution is 6.33. The van der Waals surface area contributed by atoms with Crippen LogP contribution in [0.4, 0.5) is 11.5 Å². The number of carbonyl (C=O) groups is 1. The molecule has 0 fully saturated rings. The molecule has 126 valence electrons. The first-order valence-corrected chi connectivity index (χ1v) is 8.38. The number of rotatable bonds is 5. The Labute approximate surface area is 155 Å². The highest BCUT2D eigenvalue weighted by Gasteiger charge is 2.08. The number of nitrogens with one attached hydrogen (secondary N) is 2. The van der Waals surface area contributed by atoms with Crippen LogP contribution in [-0.4, -0.2) is 10.9 Å². The summed E-state index contributed by atoms with van der Waals surface area (Å²) in [7, 11) is 0. The van der Waals surface area contributed by atoms with E-state index in [2.05, 4.69) is 15.6 Å². The number of pyridine rings is 1. The SMILES string of the molecule is O=C(NCc1ccc(Cl)cc1)c1ccnc(Nc2ccccc2Cl)c1. The van der Waals surface area contributed by atoms with Crippen LogP contribution in [0.1, 0.15) is 15.9 Å². The van der Waals surface area contributed by atoms with Crippen LogP contribution < -0.4 is 10.6 Å². The van der Waals surface area contributed by atoms with Gasteiger partial charge in [-0.2, -0.15) is 0 Å². The Hall–Kier alpha value is -2.56. The molecule has 1 amide bonds. The first kappa shape index (κ1) is 17.3. The molecule has 0 spiro atoms. The van der Waals surface area contributed by atoms with Crippen molar-refractivity contribution in [1.29, 1.82) is 0 Å². The van der Waals surface area contributed by atoms with Gasteiger partial charge in [-0.3, -0.25) is 4.79 Å². The smallest absolute Gasteiger partial charge is 0.251 e. The molecule has 0 aliphatic rings. The highest BCUT2D eigenvalue weighted by Crippen LogP contribution is 2.24. The number of benzene rings is 2. The van der Waals surface area contributed by atoms with E-state index in [-0.39, 0.29) is 5.91 Å². The molecule has 4 nitrogen and oxygen atoms in total. The Morgan fingerprint density at radius 1 is 1.00 bits per heavy atom. The van der Waals surface area contributed by atoms with Gasteiger partial charge in [0.25, 0.3) is 5.91 Å². The molecular formula is C19H15Cl2N3O. The van der Waals surface area contributed by atoms with Crippen molar-refractivity contribution < 1.29 is 4.79 Å². The van der Waals surface area contributed by atoms with E-state index in [1.807, 2.05) is 30.3 Å². The van der Waals surface area contributed by atoms with E-state index in [1.165, 1.54) is 0 Å². The first-order valence-electron chi connectivity index (χ1n) is 7.62. The Morgan fingerprint density at radius 3 is 2.52 bits per heavy atom. The Balaban J connectivity index is 1.67. The molecule has 1 heterocycles. The number of hydrogen-bond acceptors (Lipinski definition) is 3. The van der Waals surface area contributed by atoms with E-state index in [9.17, 15) is 4.79 Å². The van der Waals surface area contributed by atoms with Crippen molar-refractivity contribution in [3.63, 3.8) is 0 Å². The number of anilines is 2. The van der Waals surface area contributed by atoms with Crippen LogP contribution >= 0.6 is 23.2 Å². The second-order valence-electron chi connectivity index (χ2n) is 5.34. The highest BCUT2D eigenvalue weighted by atomic mass is 35.5. The van der Waals surface area contributed by atoms with Crippen molar-refractivity contribution >= 4 is 40.6 Å². The lowest BCUT2D eigenvalue weighted by Gasteiger charge is -2.09. The molecule has 6 heteroatoms. The lowest BCUT2D eigenvalue weighted by Crippen LogP contribution is -2.22.